The van der Waals surface area contributed by atoms with E-state index in [4.69, 9.17) is 5.11 Å². The molecular weight excluding hydrogens is 220 g/mol. The van der Waals surface area contributed by atoms with Crippen LogP contribution >= 0.6 is 0 Å². The number of aromatic amines is 1. The Morgan fingerprint density at radius 1 is 1.24 bits per heavy atom. The smallest absolute Gasteiger partial charge is 0.314 e. The molecule has 2 aromatic rings. The summed E-state index contributed by atoms with van der Waals surface area (Å²) >= 11 is 0. The van der Waals surface area contributed by atoms with E-state index in [0.717, 1.165) is 11.0 Å². The second-order valence-corrected chi connectivity index (χ2v) is 3.80. The number of hydrogen-bond donors (Lipinski definition) is 1. The van der Waals surface area contributed by atoms with Crippen molar-refractivity contribution in [3.63, 3.8) is 0 Å². The molecule has 0 aliphatic rings. The molecule has 17 heavy (non-hydrogen) atoms. The first-order valence-electron chi connectivity index (χ1n) is 5.41. The number of hydrogen-bond acceptors (Lipinski definition) is 2. The molecule has 0 saturated heterocycles. The largest absolute Gasteiger partial charge is 0.481 e. The fourth-order valence-corrected chi connectivity index (χ4v) is 1.73. The number of imidazole rings is 1. The molecule has 0 aliphatic carbocycles. The number of carbonyl (C=O) groups excluding carboxylic acids is 1. The molecule has 0 saturated carbocycles. The van der Waals surface area contributed by atoms with Crippen LogP contribution in [0, 0.1) is 0 Å². The monoisotopic (exact) mass is 233 g/mol. The van der Waals surface area contributed by atoms with Crippen molar-refractivity contribution in [2.24, 2.45) is 0 Å². The Hall–Kier alpha value is -2.17. The zero-order valence-electron chi connectivity index (χ0n) is 9.22. The van der Waals surface area contributed by atoms with Crippen molar-refractivity contribution in [3.8, 4) is 0 Å². The maximum absolute atomic E-state index is 11.9. The molecule has 0 fully saturated rings. The van der Waals surface area contributed by atoms with Gasteiger partial charge >= 0.3 is 11.9 Å². The lowest BCUT2D eigenvalue weighted by molar-refractivity contribution is -0.345. The lowest BCUT2D eigenvalue weighted by Crippen LogP contribution is -2.10. The normalized spacial score (nSPS) is 10.6. The number of para-hydroxylation sites is 2. The molecule has 0 spiro atoms. The minimum atomic E-state index is -0.873. The van der Waals surface area contributed by atoms with Gasteiger partial charge in [0.2, 0.25) is 6.33 Å². The van der Waals surface area contributed by atoms with E-state index in [0.29, 0.717) is 6.42 Å². The molecule has 0 radical (unpaired) electrons. The number of carbonyl (C=O) groups is 2. The van der Waals surface area contributed by atoms with Gasteiger partial charge < -0.3 is 5.11 Å². The first-order chi connectivity index (χ1) is 8.18. The number of nitrogens with zero attached hydrogens (tertiary/aromatic N) is 1. The fraction of sp³-hybridized carbons (Fsp3) is 0.250. The van der Waals surface area contributed by atoms with Crippen molar-refractivity contribution in [3.05, 3.63) is 30.6 Å². The second-order valence-electron chi connectivity index (χ2n) is 3.80. The van der Waals surface area contributed by atoms with Crippen LogP contribution in [0.15, 0.2) is 30.6 Å². The summed E-state index contributed by atoms with van der Waals surface area (Å²) in [5.41, 5.74) is 1.70. The molecule has 5 nitrogen and oxygen atoms in total. The van der Waals surface area contributed by atoms with Gasteiger partial charge in [-0.25, -0.2) is 9.78 Å². The van der Waals surface area contributed by atoms with E-state index in [2.05, 4.69) is 4.98 Å². The number of carboxylic acid groups (broad SMARTS) is 1. The quantitative estimate of drug-likeness (QED) is 0.866. The third-order valence-corrected chi connectivity index (χ3v) is 2.56. The van der Waals surface area contributed by atoms with Gasteiger partial charge in [-0.2, -0.15) is 4.57 Å². The first-order valence-corrected chi connectivity index (χ1v) is 5.41. The summed E-state index contributed by atoms with van der Waals surface area (Å²) in [6.07, 6.45) is 2.22. The molecule has 2 rings (SSSR count). The molecule has 88 valence electrons. The van der Waals surface area contributed by atoms with Crippen LogP contribution in [-0.4, -0.2) is 21.6 Å². The Bertz CT molecular complexity index is 560. The van der Waals surface area contributed by atoms with Crippen molar-refractivity contribution in [1.82, 2.24) is 4.57 Å². The van der Waals surface area contributed by atoms with Crippen molar-refractivity contribution in [2.45, 2.75) is 19.3 Å². The highest BCUT2D eigenvalue weighted by atomic mass is 16.4. The highest BCUT2D eigenvalue weighted by molar-refractivity contribution is 5.88. The van der Waals surface area contributed by atoms with E-state index < -0.39 is 5.97 Å². The first kappa shape index (κ1) is 11.3. The number of benzene rings is 1. The number of aliphatic carboxylic acids is 1. The Morgan fingerprint density at radius 2 is 2.00 bits per heavy atom. The number of H-pyrrole nitrogens is 1. The average molecular weight is 233 g/mol. The highest BCUT2D eigenvalue weighted by Gasteiger charge is 2.16. The Kier molecular flexibility index (Phi) is 3.18. The molecule has 0 amide bonds. The SMILES string of the molecule is O=C(O)CCCC(=O)n1c[nH+]c2ccccc21. The molecule has 0 atom stereocenters. The number of carboxylic acids is 1. The highest BCUT2D eigenvalue weighted by Crippen LogP contribution is 2.10. The molecule has 2 N–H and O–H groups in total. The average Bonchev–Trinajstić information content (AvgIpc) is 2.72. The number of rotatable bonds is 4. The maximum Gasteiger partial charge on any atom is 0.314 e. The third kappa shape index (κ3) is 2.50. The lowest BCUT2D eigenvalue weighted by atomic mass is 10.2. The molecule has 1 aromatic heterocycles. The predicted molar refractivity (Wildman–Crippen MR) is 60.6 cm³/mol. The lowest BCUT2D eigenvalue weighted by Gasteiger charge is -1.95. The molecule has 1 heterocycles. The molecule has 0 bridgehead atoms. The number of fused-ring (bicyclic) bond motifs is 1. The Morgan fingerprint density at radius 3 is 2.76 bits per heavy atom. The van der Waals surface area contributed by atoms with Crippen molar-refractivity contribution < 1.29 is 19.7 Å². The van der Waals surface area contributed by atoms with Crippen LogP contribution in [0.2, 0.25) is 0 Å². The molecule has 1 aromatic carbocycles. The predicted octanol–water partition coefficient (Wildman–Crippen LogP) is 1.35. The van der Waals surface area contributed by atoms with Crippen molar-refractivity contribution in [1.29, 1.82) is 0 Å². The van der Waals surface area contributed by atoms with Gasteiger partial charge in [0.25, 0.3) is 0 Å². The van der Waals surface area contributed by atoms with E-state index >= 15 is 0 Å². The van der Waals surface area contributed by atoms with Crippen molar-refractivity contribution in [2.75, 3.05) is 0 Å². The van der Waals surface area contributed by atoms with Gasteiger partial charge in [0.1, 0.15) is 0 Å². The summed E-state index contributed by atoms with van der Waals surface area (Å²) in [5, 5.41) is 8.50. The fourth-order valence-electron chi connectivity index (χ4n) is 1.73. The third-order valence-electron chi connectivity index (χ3n) is 2.56. The van der Waals surface area contributed by atoms with E-state index in [1.807, 2.05) is 24.3 Å². The molecule has 5 heteroatoms. The van der Waals surface area contributed by atoms with Crippen LogP contribution in [0.25, 0.3) is 11.0 Å². The van der Waals surface area contributed by atoms with Gasteiger partial charge in [-0.1, -0.05) is 12.1 Å². The summed E-state index contributed by atoms with van der Waals surface area (Å²) < 4.78 is 1.52. The summed E-state index contributed by atoms with van der Waals surface area (Å²) in [5.74, 6) is -0.967. The molecular formula is C12H13N2O3+. The standard InChI is InChI=1S/C12H12N2O3/c15-11(6-3-7-12(16)17)14-8-13-9-4-1-2-5-10(9)14/h1-2,4-5,8H,3,6-7H2,(H,16,17)/p+1. The molecule has 0 unspecified atom stereocenters. The van der Waals surface area contributed by atoms with Gasteiger partial charge in [-0.05, 0) is 18.6 Å². The summed E-state index contributed by atoms with van der Waals surface area (Å²) in [6, 6.07) is 7.48. The summed E-state index contributed by atoms with van der Waals surface area (Å²) in [4.78, 5) is 25.2. The summed E-state index contributed by atoms with van der Waals surface area (Å²) in [6.45, 7) is 0. The van der Waals surface area contributed by atoms with Crippen LogP contribution < -0.4 is 4.98 Å². The minimum Gasteiger partial charge on any atom is -0.481 e. The van der Waals surface area contributed by atoms with Crippen LogP contribution in [-0.2, 0) is 4.79 Å². The maximum atomic E-state index is 11.9. The van der Waals surface area contributed by atoms with Gasteiger partial charge in [0.05, 0.1) is 6.42 Å². The Labute approximate surface area is 97.7 Å². The van der Waals surface area contributed by atoms with Gasteiger partial charge in [0.15, 0.2) is 11.0 Å². The van der Waals surface area contributed by atoms with Crippen LogP contribution in [0.4, 0.5) is 0 Å². The second kappa shape index (κ2) is 4.78. The van der Waals surface area contributed by atoms with E-state index in [-0.39, 0.29) is 18.7 Å². The van der Waals surface area contributed by atoms with E-state index in [1.165, 1.54) is 4.57 Å². The van der Waals surface area contributed by atoms with Crippen LogP contribution in [0.1, 0.15) is 24.1 Å². The zero-order chi connectivity index (χ0) is 12.3. The van der Waals surface area contributed by atoms with Crippen LogP contribution in [0.3, 0.4) is 0 Å². The number of aromatic nitrogens is 2. The van der Waals surface area contributed by atoms with Gasteiger partial charge in [-0.3, -0.25) is 4.79 Å². The topological polar surface area (TPSA) is 73.4 Å². The van der Waals surface area contributed by atoms with E-state index in [1.54, 1.807) is 6.33 Å². The zero-order valence-corrected chi connectivity index (χ0v) is 9.22. The van der Waals surface area contributed by atoms with Gasteiger partial charge in [-0.15, -0.1) is 0 Å². The van der Waals surface area contributed by atoms with Crippen LogP contribution in [0.5, 0.6) is 0 Å². The summed E-state index contributed by atoms with van der Waals surface area (Å²) in [7, 11) is 0. The minimum absolute atomic E-state index is 0.0225. The number of nitrogens with one attached hydrogen (secondary N) is 1. The Balaban J connectivity index is 2.11. The molecule has 0 aliphatic heterocycles. The van der Waals surface area contributed by atoms with Gasteiger partial charge in [0, 0.05) is 6.42 Å². The van der Waals surface area contributed by atoms with Crippen molar-refractivity contribution >= 4 is 22.9 Å². The van der Waals surface area contributed by atoms with E-state index in [9.17, 15) is 9.59 Å².